The average molecular weight is 201 g/mol. The van der Waals surface area contributed by atoms with Gasteiger partial charge in [-0.1, -0.05) is 0 Å². The van der Waals surface area contributed by atoms with Crippen molar-refractivity contribution >= 4 is 17.7 Å². The van der Waals surface area contributed by atoms with Gasteiger partial charge in [-0.25, -0.2) is 9.87 Å². The van der Waals surface area contributed by atoms with E-state index in [0.717, 1.165) is 4.90 Å². The van der Waals surface area contributed by atoms with Crippen LogP contribution in [-0.4, -0.2) is 16.9 Å². The third kappa shape index (κ3) is 3.43. The average Bonchev–Trinajstić information content (AvgIpc) is 2.16. The largest absolute Gasteiger partial charge is 0.289 e. The van der Waals surface area contributed by atoms with Crippen molar-refractivity contribution in [1.82, 2.24) is 5.48 Å². The first-order valence-electron chi connectivity index (χ1n) is 3.53. The van der Waals surface area contributed by atoms with Crippen LogP contribution in [0.3, 0.4) is 0 Å². The standard InChI is InChI=1S/C8H8FNO2S/c9-6-1-3-7(4-2-6)13-5-8(11)10-12/h1-4,12H,5H2,(H,10,11). The molecule has 0 atom stereocenters. The minimum atomic E-state index is -0.477. The van der Waals surface area contributed by atoms with E-state index in [2.05, 4.69) is 0 Å². The minimum absolute atomic E-state index is 0.113. The number of benzene rings is 1. The smallest absolute Gasteiger partial charge is 0.253 e. The van der Waals surface area contributed by atoms with Crippen molar-refractivity contribution in [3.63, 3.8) is 0 Å². The van der Waals surface area contributed by atoms with Gasteiger partial charge in [-0.3, -0.25) is 10.0 Å². The number of hydroxylamine groups is 1. The minimum Gasteiger partial charge on any atom is -0.289 e. The van der Waals surface area contributed by atoms with Gasteiger partial charge in [0, 0.05) is 4.90 Å². The second kappa shape index (κ2) is 4.84. The van der Waals surface area contributed by atoms with Gasteiger partial charge in [0.1, 0.15) is 5.82 Å². The highest BCUT2D eigenvalue weighted by atomic mass is 32.2. The maximum absolute atomic E-state index is 12.4. The van der Waals surface area contributed by atoms with Crippen molar-refractivity contribution in [3.05, 3.63) is 30.1 Å². The Labute approximate surface area is 78.9 Å². The quantitative estimate of drug-likeness (QED) is 0.442. The van der Waals surface area contributed by atoms with Crippen LogP contribution in [0, 0.1) is 5.82 Å². The Morgan fingerprint density at radius 2 is 2.08 bits per heavy atom. The van der Waals surface area contributed by atoms with E-state index in [0.29, 0.717) is 0 Å². The first-order valence-corrected chi connectivity index (χ1v) is 4.52. The molecular formula is C8H8FNO2S. The van der Waals surface area contributed by atoms with Crippen LogP contribution >= 0.6 is 11.8 Å². The van der Waals surface area contributed by atoms with E-state index in [1.165, 1.54) is 29.4 Å². The molecule has 3 nitrogen and oxygen atoms in total. The van der Waals surface area contributed by atoms with Crippen LogP contribution in [0.2, 0.25) is 0 Å². The molecule has 0 saturated heterocycles. The highest BCUT2D eigenvalue weighted by molar-refractivity contribution is 8.00. The number of carbonyl (C=O) groups is 1. The van der Waals surface area contributed by atoms with Gasteiger partial charge in [-0.15, -0.1) is 11.8 Å². The monoisotopic (exact) mass is 201 g/mol. The lowest BCUT2D eigenvalue weighted by atomic mass is 10.4. The fraction of sp³-hybridized carbons (Fsp3) is 0.125. The molecule has 1 aromatic carbocycles. The SMILES string of the molecule is O=C(CSc1ccc(F)cc1)NO. The summed E-state index contributed by atoms with van der Waals surface area (Å²) in [7, 11) is 0. The molecule has 1 amide bonds. The molecule has 13 heavy (non-hydrogen) atoms. The first kappa shape index (κ1) is 10.0. The lowest BCUT2D eigenvalue weighted by Crippen LogP contribution is -2.20. The van der Waals surface area contributed by atoms with Crippen molar-refractivity contribution in [1.29, 1.82) is 0 Å². The summed E-state index contributed by atoms with van der Waals surface area (Å²) in [5.74, 6) is -0.674. The zero-order valence-corrected chi connectivity index (χ0v) is 7.47. The summed E-state index contributed by atoms with van der Waals surface area (Å²) < 4.78 is 12.4. The molecule has 0 saturated carbocycles. The Balaban J connectivity index is 2.46. The number of halogens is 1. The number of thioether (sulfide) groups is 1. The fourth-order valence-electron chi connectivity index (χ4n) is 0.712. The number of rotatable bonds is 3. The topological polar surface area (TPSA) is 49.3 Å². The van der Waals surface area contributed by atoms with Crippen LogP contribution < -0.4 is 5.48 Å². The van der Waals surface area contributed by atoms with E-state index in [1.54, 1.807) is 12.1 Å². The molecule has 0 aliphatic rings. The lowest BCUT2D eigenvalue weighted by molar-refractivity contribution is -0.126. The summed E-state index contributed by atoms with van der Waals surface area (Å²) in [6.07, 6.45) is 0. The highest BCUT2D eigenvalue weighted by Crippen LogP contribution is 2.17. The Bertz CT molecular complexity index is 289. The van der Waals surface area contributed by atoms with Gasteiger partial charge in [0.2, 0.25) is 0 Å². The first-order chi connectivity index (χ1) is 6.22. The zero-order chi connectivity index (χ0) is 9.68. The van der Waals surface area contributed by atoms with E-state index >= 15 is 0 Å². The maximum Gasteiger partial charge on any atom is 0.253 e. The van der Waals surface area contributed by atoms with Crippen molar-refractivity contribution in [2.45, 2.75) is 4.90 Å². The van der Waals surface area contributed by atoms with E-state index in [9.17, 15) is 9.18 Å². The van der Waals surface area contributed by atoms with Crippen LogP contribution in [0.1, 0.15) is 0 Å². The summed E-state index contributed by atoms with van der Waals surface area (Å²) >= 11 is 1.22. The lowest BCUT2D eigenvalue weighted by Gasteiger charge is -1.99. The normalized spacial score (nSPS) is 9.69. The van der Waals surface area contributed by atoms with Gasteiger partial charge in [0.15, 0.2) is 0 Å². The van der Waals surface area contributed by atoms with Gasteiger partial charge < -0.3 is 0 Å². The summed E-state index contributed by atoms with van der Waals surface area (Å²) in [6.45, 7) is 0. The Morgan fingerprint density at radius 3 is 2.62 bits per heavy atom. The molecule has 0 aliphatic carbocycles. The molecule has 1 aromatic rings. The van der Waals surface area contributed by atoms with Crippen molar-refractivity contribution in [2.75, 3.05) is 5.75 Å². The number of nitrogens with one attached hydrogen (secondary N) is 1. The summed E-state index contributed by atoms with van der Waals surface area (Å²) in [5, 5.41) is 8.18. The highest BCUT2D eigenvalue weighted by Gasteiger charge is 2.00. The second-order valence-electron chi connectivity index (χ2n) is 2.28. The van der Waals surface area contributed by atoms with Gasteiger partial charge in [0.25, 0.3) is 5.91 Å². The predicted molar refractivity (Wildman–Crippen MR) is 47.1 cm³/mol. The molecule has 0 bridgehead atoms. The van der Waals surface area contributed by atoms with E-state index < -0.39 is 5.91 Å². The molecular weight excluding hydrogens is 193 g/mol. The molecule has 0 heterocycles. The fourth-order valence-corrected chi connectivity index (χ4v) is 1.40. The van der Waals surface area contributed by atoms with E-state index in [1.807, 2.05) is 0 Å². The molecule has 0 radical (unpaired) electrons. The molecule has 0 fully saturated rings. The summed E-state index contributed by atoms with van der Waals surface area (Å²) in [4.78, 5) is 11.4. The summed E-state index contributed by atoms with van der Waals surface area (Å²) in [5.41, 5.74) is 1.51. The van der Waals surface area contributed by atoms with E-state index in [-0.39, 0.29) is 11.6 Å². The molecule has 0 unspecified atom stereocenters. The van der Waals surface area contributed by atoms with Gasteiger partial charge in [-0.05, 0) is 24.3 Å². The number of carbonyl (C=O) groups excluding carboxylic acids is 1. The molecule has 2 N–H and O–H groups in total. The van der Waals surface area contributed by atoms with Gasteiger partial charge in [-0.2, -0.15) is 0 Å². The van der Waals surface area contributed by atoms with Crippen LogP contribution in [0.4, 0.5) is 4.39 Å². The van der Waals surface area contributed by atoms with Crippen molar-refractivity contribution in [3.8, 4) is 0 Å². The molecule has 1 rings (SSSR count). The molecule has 0 spiro atoms. The van der Waals surface area contributed by atoms with E-state index in [4.69, 9.17) is 5.21 Å². The molecule has 5 heteroatoms. The summed E-state index contributed by atoms with van der Waals surface area (Å²) in [6, 6.07) is 5.79. The van der Waals surface area contributed by atoms with Gasteiger partial charge >= 0.3 is 0 Å². The Morgan fingerprint density at radius 1 is 1.46 bits per heavy atom. The maximum atomic E-state index is 12.4. The van der Waals surface area contributed by atoms with Crippen LogP contribution in [0.5, 0.6) is 0 Å². The molecule has 70 valence electrons. The molecule has 0 aromatic heterocycles. The third-order valence-corrected chi connectivity index (χ3v) is 2.32. The van der Waals surface area contributed by atoms with Crippen LogP contribution in [0.15, 0.2) is 29.2 Å². The van der Waals surface area contributed by atoms with Crippen molar-refractivity contribution < 1.29 is 14.4 Å². The number of hydrogen-bond donors (Lipinski definition) is 2. The van der Waals surface area contributed by atoms with Gasteiger partial charge in [0.05, 0.1) is 5.75 Å². The number of amides is 1. The van der Waals surface area contributed by atoms with Crippen molar-refractivity contribution in [2.24, 2.45) is 0 Å². The third-order valence-electron chi connectivity index (χ3n) is 1.31. The Hall–Kier alpha value is -1.07. The zero-order valence-electron chi connectivity index (χ0n) is 6.66. The van der Waals surface area contributed by atoms with Crippen LogP contribution in [0.25, 0.3) is 0 Å². The van der Waals surface area contributed by atoms with Crippen LogP contribution in [-0.2, 0) is 4.79 Å². The Kier molecular flexibility index (Phi) is 3.72. The second-order valence-corrected chi connectivity index (χ2v) is 3.33. The number of hydrogen-bond acceptors (Lipinski definition) is 3. The molecule has 0 aliphatic heterocycles. The predicted octanol–water partition coefficient (Wildman–Crippen LogP) is 1.42.